The van der Waals surface area contributed by atoms with Crippen LogP contribution in [0.4, 0.5) is 5.95 Å². The number of carbonyl (C=O) groups excluding carboxylic acids is 1. The first-order valence-electron chi connectivity index (χ1n) is 9.51. The SMILES string of the molecule is CC1(C)OB(c2cnc(N[C@H]3CCCC[C@H]3NC(=O)CCl)nc2)OC1(C)C. The zero-order valence-electron chi connectivity index (χ0n) is 16.4. The third-order valence-electron chi connectivity index (χ3n) is 5.75. The van der Waals surface area contributed by atoms with Gasteiger partial charge in [-0.3, -0.25) is 4.79 Å². The van der Waals surface area contributed by atoms with Crippen molar-refractivity contribution >= 4 is 36.0 Å². The molecule has 1 aromatic heterocycles. The number of nitrogens with zero attached hydrogens (tertiary/aromatic N) is 2. The Bertz CT molecular complexity index is 655. The van der Waals surface area contributed by atoms with Gasteiger partial charge in [-0.1, -0.05) is 12.8 Å². The molecule has 27 heavy (non-hydrogen) atoms. The van der Waals surface area contributed by atoms with E-state index in [9.17, 15) is 4.79 Å². The van der Waals surface area contributed by atoms with Crippen LogP contribution in [0.15, 0.2) is 12.4 Å². The topological polar surface area (TPSA) is 85.4 Å². The van der Waals surface area contributed by atoms with Crippen molar-refractivity contribution in [2.75, 3.05) is 11.2 Å². The van der Waals surface area contributed by atoms with Gasteiger partial charge in [-0.05, 0) is 40.5 Å². The number of amides is 1. The number of rotatable bonds is 5. The highest BCUT2D eigenvalue weighted by atomic mass is 35.5. The molecule has 1 saturated heterocycles. The molecule has 1 aliphatic carbocycles. The van der Waals surface area contributed by atoms with E-state index < -0.39 is 18.3 Å². The summed E-state index contributed by atoms with van der Waals surface area (Å²) in [5.41, 5.74) is -0.00967. The summed E-state index contributed by atoms with van der Waals surface area (Å²) in [5.74, 6) is 0.363. The van der Waals surface area contributed by atoms with Crippen molar-refractivity contribution in [3.8, 4) is 0 Å². The fraction of sp³-hybridized carbons (Fsp3) is 0.722. The summed E-state index contributed by atoms with van der Waals surface area (Å²) >= 11 is 5.62. The van der Waals surface area contributed by atoms with Gasteiger partial charge in [-0.2, -0.15) is 0 Å². The first-order valence-corrected chi connectivity index (χ1v) is 10.0. The highest BCUT2D eigenvalue weighted by Gasteiger charge is 2.52. The van der Waals surface area contributed by atoms with Crippen molar-refractivity contribution in [2.24, 2.45) is 0 Å². The Balaban J connectivity index is 1.64. The third-order valence-corrected chi connectivity index (χ3v) is 5.99. The van der Waals surface area contributed by atoms with E-state index >= 15 is 0 Å². The first-order chi connectivity index (χ1) is 12.7. The molecule has 0 bridgehead atoms. The van der Waals surface area contributed by atoms with Crippen molar-refractivity contribution in [3.63, 3.8) is 0 Å². The molecular formula is C18H28BClN4O3. The Labute approximate surface area is 166 Å². The van der Waals surface area contributed by atoms with Gasteiger partial charge in [0.1, 0.15) is 5.88 Å². The van der Waals surface area contributed by atoms with Gasteiger partial charge < -0.3 is 19.9 Å². The maximum absolute atomic E-state index is 11.6. The predicted molar refractivity (Wildman–Crippen MR) is 106 cm³/mol. The second-order valence-electron chi connectivity index (χ2n) is 8.27. The van der Waals surface area contributed by atoms with Crippen molar-refractivity contribution in [2.45, 2.75) is 76.7 Å². The second-order valence-corrected chi connectivity index (χ2v) is 8.54. The molecule has 2 fully saturated rings. The lowest BCUT2D eigenvalue weighted by atomic mass is 9.81. The van der Waals surface area contributed by atoms with Crippen LogP contribution in [-0.2, 0) is 14.1 Å². The van der Waals surface area contributed by atoms with E-state index in [0.717, 1.165) is 31.1 Å². The fourth-order valence-corrected chi connectivity index (χ4v) is 3.48. The minimum Gasteiger partial charge on any atom is -0.399 e. The molecule has 0 spiro atoms. The highest BCUT2D eigenvalue weighted by molar-refractivity contribution is 6.61. The quantitative estimate of drug-likeness (QED) is 0.585. The third kappa shape index (κ3) is 4.55. The summed E-state index contributed by atoms with van der Waals surface area (Å²) < 4.78 is 12.1. The molecule has 0 unspecified atom stereocenters. The van der Waals surface area contributed by atoms with Gasteiger partial charge in [0.25, 0.3) is 0 Å². The van der Waals surface area contributed by atoms with Crippen LogP contribution in [0.1, 0.15) is 53.4 Å². The van der Waals surface area contributed by atoms with Gasteiger partial charge in [0, 0.05) is 29.9 Å². The Morgan fingerprint density at radius 2 is 1.70 bits per heavy atom. The van der Waals surface area contributed by atoms with E-state index in [1.54, 1.807) is 12.4 Å². The lowest BCUT2D eigenvalue weighted by molar-refractivity contribution is -0.119. The molecule has 2 atom stereocenters. The first kappa shape index (κ1) is 20.4. The smallest absolute Gasteiger partial charge is 0.399 e. The molecule has 9 heteroatoms. The Kier molecular flexibility index (Phi) is 5.98. The Morgan fingerprint density at radius 3 is 2.26 bits per heavy atom. The molecule has 2 N–H and O–H groups in total. The van der Waals surface area contributed by atoms with E-state index in [2.05, 4.69) is 20.6 Å². The molecule has 148 valence electrons. The zero-order chi connectivity index (χ0) is 19.7. The van der Waals surface area contributed by atoms with Gasteiger partial charge in [0.15, 0.2) is 0 Å². The van der Waals surface area contributed by atoms with Crippen LogP contribution in [-0.4, -0.2) is 52.2 Å². The van der Waals surface area contributed by atoms with Crippen LogP contribution in [0.25, 0.3) is 0 Å². The van der Waals surface area contributed by atoms with Gasteiger partial charge in [-0.15, -0.1) is 11.6 Å². The Hall–Kier alpha value is -1.38. The van der Waals surface area contributed by atoms with Crippen molar-refractivity contribution in [3.05, 3.63) is 12.4 Å². The molecule has 3 rings (SSSR count). The largest absolute Gasteiger partial charge is 0.498 e. The van der Waals surface area contributed by atoms with Crippen LogP contribution >= 0.6 is 11.6 Å². The molecule has 2 aliphatic rings. The van der Waals surface area contributed by atoms with Crippen LogP contribution in [0.5, 0.6) is 0 Å². The lowest BCUT2D eigenvalue weighted by Gasteiger charge is -2.32. The monoisotopic (exact) mass is 394 g/mol. The fourth-order valence-electron chi connectivity index (χ4n) is 3.40. The van der Waals surface area contributed by atoms with Crippen LogP contribution in [0, 0.1) is 0 Å². The summed E-state index contributed by atoms with van der Waals surface area (Å²) in [5, 5.41) is 6.33. The number of anilines is 1. The zero-order valence-corrected chi connectivity index (χ0v) is 17.2. The van der Waals surface area contributed by atoms with Gasteiger partial charge in [0.2, 0.25) is 11.9 Å². The van der Waals surface area contributed by atoms with E-state index in [1.807, 2.05) is 27.7 Å². The number of aromatic nitrogens is 2. The number of nitrogens with one attached hydrogen (secondary N) is 2. The maximum Gasteiger partial charge on any atom is 0.498 e. The minimum absolute atomic E-state index is 0.0253. The standard InChI is InChI=1S/C18H28BClN4O3/c1-17(2)18(3,4)27-19(26-17)12-10-21-16(22-11-12)24-14-8-6-5-7-13(14)23-15(25)9-20/h10-11,13-14H,5-9H2,1-4H3,(H,23,25)(H,21,22,24)/t13-,14+/m1/s1. The molecular weight excluding hydrogens is 366 g/mol. The maximum atomic E-state index is 11.6. The number of hydrogen-bond acceptors (Lipinski definition) is 6. The Morgan fingerprint density at radius 1 is 1.15 bits per heavy atom. The average molecular weight is 395 g/mol. The number of alkyl halides is 1. The van der Waals surface area contributed by atoms with Crippen molar-refractivity contribution < 1.29 is 14.1 Å². The molecule has 2 heterocycles. The molecule has 1 aromatic rings. The molecule has 1 amide bonds. The van der Waals surface area contributed by atoms with Crippen LogP contribution in [0.2, 0.25) is 0 Å². The van der Waals surface area contributed by atoms with E-state index in [1.165, 1.54) is 0 Å². The normalized spacial score (nSPS) is 26.6. The molecule has 7 nitrogen and oxygen atoms in total. The number of hydrogen-bond donors (Lipinski definition) is 2. The van der Waals surface area contributed by atoms with Crippen molar-refractivity contribution in [1.29, 1.82) is 0 Å². The van der Waals surface area contributed by atoms with E-state index in [-0.39, 0.29) is 23.9 Å². The minimum atomic E-state index is -0.477. The number of halogens is 1. The van der Waals surface area contributed by atoms with Gasteiger partial charge in [0.05, 0.1) is 11.2 Å². The molecule has 1 saturated carbocycles. The summed E-state index contributed by atoms with van der Waals surface area (Å²) in [6.45, 7) is 8.06. The van der Waals surface area contributed by atoms with Gasteiger partial charge >= 0.3 is 7.12 Å². The molecule has 1 aliphatic heterocycles. The summed E-state index contributed by atoms with van der Waals surface area (Å²) in [6.07, 6.45) is 7.53. The predicted octanol–water partition coefficient (Wildman–Crippen LogP) is 1.85. The summed E-state index contributed by atoms with van der Waals surface area (Å²) in [7, 11) is -0.477. The van der Waals surface area contributed by atoms with Crippen LogP contribution in [0.3, 0.4) is 0 Å². The lowest BCUT2D eigenvalue weighted by Crippen LogP contribution is -2.49. The van der Waals surface area contributed by atoms with Crippen molar-refractivity contribution in [1.82, 2.24) is 15.3 Å². The highest BCUT2D eigenvalue weighted by Crippen LogP contribution is 2.36. The summed E-state index contributed by atoms with van der Waals surface area (Å²) in [4.78, 5) is 20.5. The molecule has 0 radical (unpaired) electrons. The number of carbonyl (C=O) groups is 1. The van der Waals surface area contributed by atoms with Gasteiger partial charge in [-0.25, -0.2) is 9.97 Å². The van der Waals surface area contributed by atoms with Crippen LogP contribution < -0.4 is 16.1 Å². The molecule has 0 aromatic carbocycles. The van der Waals surface area contributed by atoms with E-state index in [4.69, 9.17) is 20.9 Å². The average Bonchev–Trinajstić information content (AvgIpc) is 2.85. The second kappa shape index (κ2) is 7.93. The summed E-state index contributed by atoms with van der Waals surface area (Å²) in [6, 6.07) is 0.130. The van der Waals surface area contributed by atoms with E-state index in [0.29, 0.717) is 5.95 Å².